The molecule has 1 atom stereocenters. The monoisotopic (exact) mass is 293 g/mol. The van der Waals surface area contributed by atoms with Gasteiger partial charge in [0.1, 0.15) is 0 Å². The van der Waals surface area contributed by atoms with E-state index in [4.69, 9.17) is 0 Å². The van der Waals surface area contributed by atoms with Gasteiger partial charge in [-0.05, 0) is 31.2 Å². The summed E-state index contributed by atoms with van der Waals surface area (Å²) in [6, 6.07) is 8.67. The van der Waals surface area contributed by atoms with Crippen molar-refractivity contribution in [3.05, 3.63) is 52.5 Å². The summed E-state index contributed by atoms with van der Waals surface area (Å²) >= 11 is 3.45. The first-order valence-electron chi connectivity index (χ1n) is 5.58. The van der Waals surface area contributed by atoms with Crippen LogP contribution in [-0.2, 0) is 13.5 Å². The molecule has 2 aromatic rings. The third-order valence-electron chi connectivity index (χ3n) is 2.78. The normalized spacial score (nSPS) is 12.6. The maximum atomic E-state index is 4.39. The summed E-state index contributed by atoms with van der Waals surface area (Å²) in [6.07, 6.45) is 4.84. The molecule has 3 nitrogen and oxygen atoms in total. The molecule has 0 aliphatic carbocycles. The van der Waals surface area contributed by atoms with E-state index in [-0.39, 0.29) is 6.04 Å². The van der Waals surface area contributed by atoms with Crippen LogP contribution < -0.4 is 5.32 Å². The average molecular weight is 294 g/mol. The van der Waals surface area contributed by atoms with E-state index in [1.165, 1.54) is 5.56 Å². The lowest BCUT2D eigenvalue weighted by Crippen LogP contribution is -2.19. The third kappa shape index (κ3) is 3.17. The first-order chi connectivity index (χ1) is 8.19. The van der Waals surface area contributed by atoms with Gasteiger partial charge in [0.25, 0.3) is 0 Å². The van der Waals surface area contributed by atoms with Crippen molar-refractivity contribution in [3.63, 3.8) is 0 Å². The summed E-state index contributed by atoms with van der Waals surface area (Å²) in [4.78, 5) is 4.39. The van der Waals surface area contributed by atoms with Gasteiger partial charge in [-0.15, -0.1) is 0 Å². The number of imidazole rings is 1. The Balaban J connectivity index is 2.12. The van der Waals surface area contributed by atoms with Gasteiger partial charge in [-0.1, -0.05) is 28.1 Å². The van der Waals surface area contributed by atoms with Crippen LogP contribution in [0.3, 0.4) is 0 Å². The number of benzene rings is 1. The highest BCUT2D eigenvalue weighted by atomic mass is 79.9. The zero-order valence-corrected chi connectivity index (χ0v) is 11.6. The van der Waals surface area contributed by atoms with E-state index >= 15 is 0 Å². The average Bonchev–Trinajstić information content (AvgIpc) is 2.75. The van der Waals surface area contributed by atoms with E-state index in [9.17, 15) is 0 Å². The van der Waals surface area contributed by atoms with Crippen LogP contribution in [0.1, 0.15) is 17.3 Å². The summed E-state index contributed by atoms with van der Waals surface area (Å²) in [6.45, 7) is 0. The Morgan fingerprint density at radius 3 is 2.59 bits per heavy atom. The Kier molecular flexibility index (Phi) is 3.97. The molecule has 0 aliphatic heterocycles. The smallest absolute Gasteiger partial charge is 0.0947 e. The maximum absolute atomic E-state index is 4.39. The van der Waals surface area contributed by atoms with Gasteiger partial charge >= 0.3 is 0 Å². The minimum absolute atomic E-state index is 0.261. The van der Waals surface area contributed by atoms with E-state index in [2.05, 4.69) is 56.7 Å². The number of nitrogens with zero attached hydrogens (tertiary/aromatic N) is 2. The summed E-state index contributed by atoms with van der Waals surface area (Å²) in [5.74, 6) is 0. The molecule has 1 heterocycles. The fraction of sp³-hybridized carbons (Fsp3) is 0.308. The van der Waals surface area contributed by atoms with Gasteiger partial charge in [0, 0.05) is 17.7 Å². The molecule has 90 valence electrons. The maximum Gasteiger partial charge on any atom is 0.0947 e. The number of nitrogens with one attached hydrogen (secondary N) is 1. The van der Waals surface area contributed by atoms with Crippen molar-refractivity contribution < 1.29 is 0 Å². The second kappa shape index (κ2) is 5.47. The Morgan fingerprint density at radius 2 is 2.06 bits per heavy atom. The molecular weight excluding hydrogens is 278 g/mol. The van der Waals surface area contributed by atoms with Crippen molar-refractivity contribution in [2.24, 2.45) is 7.05 Å². The van der Waals surface area contributed by atoms with E-state index in [0.717, 1.165) is 16.6 Å². The van der Waals surface area contributed by atoms with Gasteiger partial charge in [-0.3, -0.25) is 0 Å². The number of aryl methyl sites for hydroxylation is 1. The van der Waals surface area contributed by atoms with Crippen molar-refractivity contribution in [1.82, 2.24) is 14.9 Å². The molecular formula is C13H16BrN3. The molecule has 0 bridgehead atoms. The lowest BCUT2D eigenvalue weighted by atomic mass is 10.0. The molecule has 1 unspecified atom stereocenters. The lowest BCUT2D eigenvalue weighted by Gasteiger charge is -2.13. The van der Waals surface area contributed by atoms with Crippen molar-refractivity contribution in [2.45, 2.75) is 12.5 Å². The fourth-order valence-electron chi connectivity index (χ4n) is 1.82. The molecule has 0 amide bonds. The molecule has 1 aromatic heterocycles. The first-order valence-corrected chi connectivity index (χ1v) is 6.38. The quantitative estimate of drug-likeness (QED) is 0.939. The SMILES string of the molecule is CNC(Cc1ccc(Br)cc1)c1cn(C)cn1. The van der Waals surface area contributed by atoms with Gasteiger partial charge in [-0.2, -0.15) is 0 Å². The molecule has 17 heavy (non-hydrogen) atoms. The minimum atomic E-state index is 0.261. The van der Waals surface area contributed by atoms with Gasteiger partial charge in [-0.25, -0.2) is 4.98 Å². The van der Waals surface area contributed by atoms with Gasteiger partial charge < -0.3 is 9.88 Å². The topological polar surface area (TPSA) is 29.9 Å². The Bertz CT molecular complexity index is 476. The Morgan fingerprint density at radius 1 is 1.35 bits per heavy atom. The number of rotatable bonds is 4. The lowest BCUT2D eigenvalue weighted by molar-refractivity contribution is 0.578. The van der Waals surface area contributed by atoms with Crippen molar-refractivity contribution in [3.8, 4) is 0 Å². The molecule has 0 saturated heterocycles. The summed E-state index contributed by atoms with van der Waals surface area (Å²) in [5.41, 5.74) is 2.39. The molecule has 0 saturated carbocycles. The van der Waals surface area contributed by atoms with Gasteiger partial charge in [0.15, 0.2) is 0 Å². The predicted molar refractivity (Wildman–Crippen MR) is 72.9 cm³/mol. The van der Waals surface area contributed by atoms with E-state index in [0.29, 0.717) is 0 Å². The zero-order valence-electron chi connectivity index (χ0n) is 10.0. The number of likely N-dealkylation sites (N-methyl/N-ethyl adjacent to an activating group) is 1. The van der Waals surface area contributed by atoms with Crippen LogP contribution in [0.15, 0.2) is 41.3 Å². The Hall–Kier alpha value is -1.13. The van der Waals surface area contributed by atoms with E-state index in [1.54, 1.807) is 0 Å². The Labute approximate surface area is 110 Å². The van der Waals surface area contributed by atoms with Crippen LogP contribution in [-0.4, -0.2) is 16.6 Å². The molecule has 4 heteroatoms. The van der Waals surface area contributed by atoms with Gasteiger partial charge in [0.05, 0.1) is 18.1 Å². The molecule has 1 aromatic carbocycles. The van der Waals surface area contributed by atoms with Crippen molar-refractivity contribution >= 4 is 15.9 Å². The highest BCUT2D eigenvalue weighted by Crippen LogP contribution is 2.18. The number of aromatic nitrogens is 2. The van der Waals surface area contributed by atoms with Gasteiger partial charge in [0.2, 0.25) is 0 Å². The van der Waals surface area contributed by atoms with Crippen molar-refractivity contribution in [1.29, 1.82) is 0 Å². The molecule has 0 radical (unpaired) electrons. The van der Waals surface area contributed by atoms with Crippen molar-refractivity contribution in [2.75, 3.05) is 7.05 Å². The fourth-order valence-corrected chi connectivity index (χ4v) is 2.09. The zero-order chi connectivity index (χ0) is 12.3. The molecule has 0 spiro atoms. The summed E-state index contributed by atoms with van der Waals surface area (Å²) < 4.78 is 3.08. The largest absolute Gasteiger partial charge is 0.340 e. The minimum Gasteiger partial charge on any atom is -0.340 e. The van der Waals surface area contributed by atoms with Crippen LogP contribution in [0.2, 0.25) is 0 Å². The van der Waals surface area contributed by atoms with E-state index < -0.39 is 0 Å². The van der Waals surface area contributed by atoms with Crippen LogP contribution in [0.25, 0.3) is 0 Å². The van der Waals surface area contributed by atoms with E-state index in [1.807, 2.05) is 25.0 Å². The number of halogens is 1. The highest BCUT2D eigenvalue weighted by Gasteiger charge is 2.12. The molecule has 2 rings (SSSR count). The number of hydrogen-bond donors (Lipinski definition) is 1. The third-order valence-corrected chi connectivity index (χ3v) is 3.31. The predicted octanol–water partition coefficient (Wildman–Crippen LogP) is 2.69. The second-order valence-corrected chi connectivity index (χ2v) is 5.05. The summed E-state index contributed by atoms with van der Waals surface area (Å²) in [5, 5.41) is 3.31. The highest BCUT2D eigenvalue weighted by molar-refractivity contribution is 9.10. The molecule has 0 aliphatic rings. The van der Waals surface area contributed by atoms with Crippen LogP contribution in [0, 0.1) is 0 Å². The van der Waals surface area contributed by atoms with Crippen LogP contribution in [0.5, 0.6) is 0 Å². The second-order valence-electron chi connectivity index (χ2n) is 4.14. The number of hydrogen-bond acceptors (Lipinski definition) is 2. The first kappa shape index (κ1) is 12.3. The van der Waals surface area contributed by atoms with Crippen LogP contribution >= 0.6 is 15.9 Å². The molecule has 1 N–H and O–H groups in total. The summed E-state index contributed by atoms with van der Waals surface area (Å²) in [7, 11) is 3.96. The standard InChI is InChI=1S/C13H16BrN3/c1-15-12(13-8-17(2)9-16-13)7-10-3-5-11(14)6-4-10/h3-6,8-9,12,15H,7H2,1-2H3. The van der Waals surface area contributed by atoms with Crippen LogP contribution in [0.4, 0.5) is 0 Å². The molecule has 0 fully saturated rings.